The van der Waals surface area contributed by atoms with Crippen LogP contribution in [0.25, 0.3) is 0 Å². The van der Waals surface area contributed by atoms with E-state index in [1.54, 1.807) is 104 Å². The van der Waals surface area contributed by atoms with Crippen molar-refractivity contribution in [1.82, 2.24) is 15.3 Å². The molecule has 0 aliphatic heterocycles. The third-order valence-electron chi connectivity index (χ3n) is 16.7. The molecular weight excluding hydrogens is 2160 g/mol. The topological polar surface area (TPSA) is 476 Å². The Morgan fingerprint density at radius 3 is 0.833 bits per heavy atom. The summed E-state index contributed by atoms with van der Waals surface area (Å²) in [5.41, 5.74) is 0.503. The fourth-order valence-electron chi connectivity index (χ4n) is 9.33. The standard InChI is InChI=1S/C18H23O3P.C17H28NO5P.C16H31O7P.C12H29N2OP.C7H17O3P.C7H17O2P.C6H15O3P.2C6H15O2PS.C6H15O2P.4CH4/c1-18(2,3)14-15-22(19,20-16-10-6-4-7-11-16)21-17-12-8-5-9-13-17;1-13(2)22-16(19)14(3)18-24(20,21-12-17(4,5)6)23-15-10-8-7-9-11-15;1-12(2)14(17)20-10-22-24(19,9-8-16(5,6)7)23-11-21-15(18)13(3)4;1-10(2)13-16(15,14-11(3)4)9-8-12(5,6)7;1-7(2,3)5-6-10-11(4,8)9;1-7(2,3)5-6-10(4,8)9;1-6(2,3)5-9-10(4,7)8;1-6(2,3)5-8-9(4,7)10;1-6(2,3)4-5-9(7,8)10;1-6(2,3)5-9(4,7)8;;;;/h4-13H,14-15H2,1-3H3;7-11,13-14H,12H2,1-6H3,(H,18,20);12-13H,8-11H2,1-7H3;10-11H,8-9H2,1-7H3,(H2,13,14,15);5-6H2,1-4H3,(H,8,9);5-6H2,1-4H3,(H,8,9);5H2,1-4H3,(H,7,8);5H2,1-4H3,(H,7,10);4-5H2,1-3H3,(H2,7,8,10);5H2,1-4H3,(H,7,8);4*1H4/t;14-,24?;;;;;;;;;;;;/m.0............/s1. The van der Waals surface area contributed by atoms with E-state index in [2.05, 4.69) is 131 Å². The summed E-state index contributed by atoms with van der Waals surface area (Å²) >= 11 is 9.17. The Morgan fingerprint density at radius 1 is 0.320 bits per heavy atom. The Labute approximate surface area is 925 Å². The molecule has 0 spiro atoms. The molecule has 0 fully saturated rings. The molecule has 6 unspecified atom stereocenters. The molecular formula is C105H221N3O30P10S2. The number of rotatable bonds is 42. The van der Waals surface area contributed by atoms with Gasteiger partial charge < -0.3 is 75.6 Å². The quantitative estimate of drug-likeness (QED) is 0.0109. The number of carbonyl (C=O) groups is 3. The molecule has 7 atom stereocenters. The maximum absolute atomic E-state index is 13.2. The van der Waals surface area contributed by atoms with Crippen LogP contribution in [0.3, 0.4) is 0 Å². The molecule has 0 saturated carbocycles. The number of benzene rings is 3. The molecule has 10 N–H and O–H groups in total. The van der Waals surface area contributed by atoms with E-state index >= 15 is 0 Å². The highest BCUT2D eigenvalue weighted by atomic mass is 32.5. The molecule has 3 aromatic carbocycles. The minimum absolute atomic E-state index is 0. The van der Waals surface area contributed by atoms with Gasteiger partial charge in [-0.3, -0.25) is 65.5 Å². The maximum atomic E-state index is 13.2. The van der Waals surface area contributed by atoms with Crippen molar-refractivity contribution in [2.24, 2.45) is 66.0 Å². The van der Waals surface area contributed by atoms with Crippen LogP contribution in [0.2, 0.25) is 0 Å². The molecule has 150 heavy (non-hydrogen) atoms. The molecule has 898 valence electrons. The van der Waals surface area contributed by atoms with Crippen LogP contribution in [-0.4, -0.2) is 187 Å². The van der Waals surface area contributed by atoms with Gasteiger partial charge in [0, 0.05) is 70.1 Å². The van der Waals surface area contributed by atoms with Crippen LogP contribution in [0.1, 0.15) is 352 Å². The first-order chi connectivity index (χ1) is 64.5. The molecule has 0 saturated heterocycles. The van der Waals surface area contributed by atoms with Crippen LogP contribution in [0, 0.1) is 66.0 Å². The summed E-state index contributed by atoms with van der Waals surface area (Å²) in [5.74, 6) is -0.516. The van der Waals surface area contributed by atoms with E-state index in [0.717, 1.165) is 32.1 Å². The van der Waals surface area contributed by atoms with Crippen molar-refractivity contribution < 1.29 is 140 Å². The summed E-state index contributed by atoms with van der Waals surface area (Å²) < 4.78 is 157. The lowest BCUT2D eigenvalue weighted by Gasteiger charge is -2.28. The third kappa shape index (κ3) is 133. The zero-order valence-electron chi connectivity index (χ0n) is 98.2. The molecule has 45 heteroatoms. The van der Waals surface area contributed by atoms with Crippen LogP contribution in [-0.2, 0) is 116 Å². The zero-order valence-corrected chi connectivity index (χ0v) is 109. The third-order valence-corrected chi connectivity index (χ3v) is 30.7. The number of hydrogen-bond donors (Lipinski definition) is 10. The van der Waals surface area contributed by atoms with Crippen molar-refractivity contribution in [3.05, 3.63) is 91.0 Å². The summed E-state index contributed by atoms with van der Waals surface area (Å²) in [7, 11) is -25.0. The SMILES string of the molecule is C.C.C.C.CC(C)(C)CCOP(C)(=O)O.CC(C)(C)CCP(=O)(Oc1ccccc1)Oc1ccccc1.CC(C)(C)CCP(C)(=O)O.CC(C)(C)CCP(O)(O)=S.CC(C)(C)COP(C)(=O)O.CC(C)(C)COP(C)(O)=S.CC(C)(C)CP(C)(=O)O.CC(C)C(=O)OCOP(=O)(CCC(C)(C)C)OCOC(=O)C(C)C.CC(C)NP(=O)(CCC(C)(C)C)NC(C)C.CC(C)OC(=O)[C@H](C)NP(=O)(OCC(C)(C)C)Oc1ccccc1. The number of nitrogens with one attached hydrogen (secondary N) is 3. The zero-order chi connectivity index (χ0) is 117. The van der Waals surface area contributed by atoms with Gasteiger partial charge >= 0.3 is 56.0 Å². The van der Waals surface area contributed by atoms with E-state index in [1.165, 1.54) is 26.7 Å². The minimum Gasteiger partial charge on any atom is -0.462 e. The first-order valence-corrected chi connectivity index (χ1v) is 70.9. The van der Waals surface area contributed by atoms with E-state index in [9.17, 15) is 50.9 Å². The van der Waals surface area contributed by atoms with Crippen molar-refractivity contribution >= 4 is 115 Å². The van der Waals surface area contributed by atoms with E-state index in [1.807, 2.05) is 174 Å². The van der Waals surface area contributed by atoms with E-state index in [0.29, 0.717) is 74.3 Å². The highest BCUT2D eigenvalue weighted by Crippen LogP contribution is 2.54. The normalized spacial score (nSPS) is 14.8. The average Bonchev–Trinajstić information content (AvgIpc) is 0.831. The first kappa shape index (κ1) is 170. The largest absolute Gasteiger partial charge is 0.462 e. The smallest absolute Gasteiger partial charge is 0.459 e. The van der Waals surface area contributed by atoms with Crippen LogP contribution < -0.4 is 28.8 Å². The van der Waals surface area contributed by atoms with Crippen molar-refractivity contribution in [2.45, 2.75) is 376 Å². The average molecular weight is 2380 g/mol. The highest BCUT2D eigenvalue weighted by molar-refractivity contribution is 8.09. The number of hydrogen-bond acceptors (Lipinski definition) is 25. The number of ether oxygens (including phenoxy) is 3. The fourth-order valence-corrected chi connectivity index (χ4v) is 23.7. The van der Waals surface area contributed by atoms with Crippen LogP contribution in [0.15, 0.2) is 91.0 Å². The lowest BCUT2D eigenvalue weighted by Crippen LogP contribution is -2.36. The molecule has 0 amide bonds. The predicted molar refractivity (Wildman–Crippen MR) is 642 cm³/mol. The summed E-state index contributed by atoms with van der Waals surface area (Å²) in [5, 5.41) is 9.07. The van der Waals surface area contributed by atoms with Crippen molar-refractivity contribution in [3.8, 4) is 17.2 Å². The molecule has 0 radical (unpaired) electrons. The fraction of sp³-hybridized carbons (Fsp3) is 0.800. The Bertz CT molecular complexity index is 4310. The second-order valence-corrected chi connectivity index (χ2v) is 74.5. The second-order valence-electron chi connectivity index (χ2n) is 50.0. The van der Waals surface area contributed by atoms with Gasteiger partial charge in [-0.25, -0.2) is 9.13 Å². The molecule has 0 aliphatic carbocycles. The minimum atomic E-state index is -3.74. The van der Waals surface area contributed by atoms with Crippen LogP contribution in [0.5, 0.6) is 17.2 Å². The number of carbonyl (C=O) groups excluding carboxylic acids is 3. The molecule has 3 aromatic rings. The predicted octanol–water partition coefficient (Wildman–Crippen LogP) is 32.1. The summed E-state index contributed by atoms with van der Waals surface area (Å²) in [6, 6.07) is 26.7. The lowest BCUT2D eigenvalue weighted by atomic mass is 9.93. The van der Waals surface area contributed by atoms with Crippen molar-refractivity contribution in [2.75, 3.05) is 110 Å². The summed E-state index contributed by atoms with van der Waals surface area (Å²) in [6.07, 6.45) is 6.85. The lowest BCUT2D eigenvalue weighted by molar-refractivity contribution is -0.156. The Balaban J connectivity index is -0.000000162. The van der Waals surface area contributed by atoms with E-state index in [4.69, 9.17) is 101 Å². The van der Waals surface area contributed by atoms with Gasteiger partial charge in [-0.15, -0.1) is 0 Å². The summed E-state index contributed by atoms with van der Waals surface area (Å²) in [6.45, 7) is 83.0. The molecule has 0 aliphatic rings. The Morgan fingerprint density at radius 2 is 0.607 bits per heavy atom. The maximum Gasteiger partial charge on any atom is 0.459 e. The van der Waals surface area contributed by atoms with Gasteiger partial charge in [-0.2, -0.15) is 5.09 Å². The Hall–Kier alpha value is -2.03. The molecule has 0 heterocycles. The molecule has 0 bridgehead atoms. The van der Waals surface area contributed by atoms with E-state index < -0.39 is 111 Å². The molecule has 0 aromatic heterocycles. The van der Waals surface area contributed by atoms with Crippen molar-refractivity contribution in [3.63, 3.8) is 0 Å². The summed E-state index contributed by atoms with van der Waals surface area (Å²) in [4.78, 5) is 96.9. The van der Waals surface area contributed by atoms with Gasteiger partial charge in [0.05, 0.1) is 56.7 Å². The van der Waals surface area contributed by atoms with Gasteiger partial charge in [0.1, 0.15) is 23.3 Å². The van der Waals surface area contributed by atoms with Crippen LogP contribution in [0.4, 0.5) is 0 Å². The second kappa shape index (κ2) is 76.8. The van der Waals surface area contributed by atoms with Gasteiger partial charge in [-0.05, 0) is 201 Å². The van der Waals surface area contributed by atoms with Crippen LogP contribution >= 0.6 is 73.3 Å². The highest BCUT2D eigenvalue weighted by Gasteiger charge is 2.37. The molecule has 33 nitrogen and oxygen atoms in total. The number of para-hydroxylation sites is 3. The van der Waals surface area contributed by atoms with E-state index in [-0.39, 0.29) is 127 Å². The van der Waals surface area contributed by atoms with Gasteiger partial charge in [-0.1, -0.05) is 320 Å². The number of esters is 3. The Kier molecular flexibility index (Phi) is 87.2. The first-order valence-electron chi connectivity index (χ1n) is 49.4. The van der Waals surface area contributed by atoms with Gasteiger partial charge in [0.2, 0.25) is 21.0 Å². The van der Waals surface area contributed by atoms with Gasteiger partial charge in [0.15, 0.2) is 27.7 Å². The monoisotopic (exact) mass is 2380 g/mol. The van der Waals surface area contributed by atoms with Gasteiger partial charge in [0.25, 0.3) is 0 Å². The molecule has 3 rings (SSSR count). The van der Waals surface area contributed by atoms with Crippen molar-refractivity contribution in [1.29, 1.82) is 0 Å².